The zero-order valence-electron chi connectivity index (χ0n) is 10.8. The average Bonchev–Trinajstić information content (AvgIpc) is 3.05. The standard InChI is InChI=1S/C14H18N2O3/c17-13(15-8-10-4-2-6-19-10)11-7-9-3-1-5-12(9)16-14(11)18/h7,10H,1-6,8H2,(H,15,17)(H,16,18). The summed E-state index contributed by atoms with van der Waals surface area (Å²) in [6, 6.07) is 1.74. The number of fused-ring (bicyclic) bond motifs is 1. The molecule has 2 aliphatic rings. The number of carbonyl (C=O) groups is 1. The van der Waals surface area contributed by atoms with Crippen LogP contribution in [0.3, 0.4) is 0 Å². The van der Waals surface area contributed by atoms with E-state index in [0.717, 1.165) is 50.0 Å². The maximum Gasteiger partial charge on any atom is 0.261 e. The van der Waals surface area contributed by atoms with Gasteiger partial charge in [-0.3, -0.25) is 9.59 Å². The van der Waals surface area contributed by atoms with E-state index in [-0.39, 0.29) is 23.1 Å². The molecular weight excluding hydrogens is 244 g/mol. The minimum atomic E-state index is -0.300. The second-order valence-corrected chi connectivity index (χ2v) is 5.21. The molecule has 2 N–H and O–H groups in total. The second kappa shape index (κ2) is 5.17. The Balaban J connectivity index is 1.70. The second-order valence-electron chi connectivity index (χ2n) is 5.21. The fourth-order valence-electron chi connectivity index (χ4n) is 2.79. The third-order valence-electron chi connectivity index (χ3n) is 3.85. The lowest BCUT2D eigenvalue weighted by Gasteiger charge is -2.11. The molecule has 1 aliphatic heterocycles. The van der Waals surface area contributed by atoms with Crippen LogP contribution in [0.2, 0.25) is 0 Å². The Bertz CT molecular complexity index is 544. The molecule has 1 amide bonds. The molecule has 1 atom stereocenters. The molecule has 5 nitrogen and oxygen atoms in total. The summed E-state index contributed by atoms with van der Waals surface area (Å²) in [6.45, 7) is 1.25. The van der Waals surface area contributed by atoms with Crippen molar-refractivity contribution < 1.29 is 9.53 Å². The van der Waals surface area contributed by atoms with Crippen molar-refractivity contribution in [3.05, 3.63) is 33.2 Å². The first-order valence-electron chi connectivity index (χ1n) is 6.89. The Morgan fingerprint density at radius 2 is 2.32 bits per heavy atom. The number of nitrogens with one attached hydrogen (secondary N) is 2. The molecule has 1 unspecified atom stereocenters. The van der Waals surface area contributed by atoms with Crippen molar-refractivity contribution in [1.29, 1.82) is 0 Å². The fourth-order valence-corrected chi connectivity index (χ4v) is 2.79. The highest BCUT2D eigenvalue weighted by Gasteiger charge is 2.20. The first kappa shape index (κ1) is 12.4. The van der Waals surface area contributed by atoms with Crippen LogP contribution in [0.1, 0.15) is 40.9 Å². The molecule has 1 aromatic heterocycles. The summed E-state index contributed by atoms with van der Waals surface area (Å²) in [5.74, 6) is -0.300. The molecule has 0 bridgehead atoms. The van der Waals surface area contributed by atoms with Gasteiger partial charge in [0, 0.05) is 18.8 Å². The van der Waals surface area contributed by atoms with E-state index in [1.54, 1.807) is 6.07 Å². The van der Waals surface area contributed by atoms with E-state index in [9.17, 15) is 9.59 Å². The van der Waals surface area contributed by atoms with Crippen molar-refractivity contribution in [3.8, 4) is 0 Å². The molecule has 1 aliphatic carbocycles. The normalized spacial score (nSPS) is 21.4. The summed E-state index contributed by atoms with van der Waals surface area (Å²) in [5.41, 5.74) is 2.02. The highest BCUT2D eigenvalue weighted by Crippen LogP contribution is 2.18. The van der Waals surface area contributed by atoms with Crippen LogP contribution in [-0.2, 0) is 17.6 Å². The number of H-pyrrole nitrogens is 1. The van der Waals surface area contributed by atoms with E-state index in [4.69, 9.17) is 4.74 Å². The van der Waals surface area contributed by atoms with Crippen molar-refractivity contribution in [2.24, 2.45) is 0 Å². The van der Waals surface area contributed by atoms with Gasteiger partial charge in [0.2, 0.25) is 0 Å². The number of amides is 1. The Hall–Kier alpha value is -1.62. The number of pyridine rings is 1. The summed E-state index contributed by atoms with van der Waals surface area (Å²) in [6.07, 6.45) is 5.01. The van der Waals surface area contributed by atoms with E-state index in [1.165, 1.54) is 0 Å². The van der Waals surface area contributed by atoms with E-state index in [0.29, 0.717) is 6.54 Å². The van der Waals surface area contributed by atoms with Gasteiger partial charge in [0.05, 0.1) is 6.10 Å². The summed E-state index contributed by atoms with van der Waals surface area (Å²) < 4.78 is 5.44. The number of aromatic amines is 1. The summed E-state index contributed by atoms with van der Waals surface area (Å²) in [4.78, 5) is 26.7. The first-order chi connectivity index (χ1) is 9.24. The lowest BCUT2D eigenvalue weighted by atomic mass is 10.1. The van der Waals surface area contributed by atoms with Gasteiger partial charge in [0.1, 0.15) is 5.56 Å². The summed E-state index contributed by atoms with van der Waals surface area (Å²) in [5, 5.41) is 2.79. The van der Waals surface area contributed by atoms with Gasteiger partial charge in [0.15, 0.2) is 0 Å². The number of aryl methyl sites for hydroxylation is 2. The van der Waals surface area contributed by atoms with Crippen LogP contribution in [0, 0.1) is 0 Å². The van der Waals surface area contributed by atoms with Crippen LogP contribution in [0.4, 0.5) is 0 Å². The highest BCUT2D eigenvalue weighted by molar-refractivity contribution is 5.94. The van der Waals surface area contributed by atoms with E-state index in [1.807, 2.05) is 0 Å². The van der Waals surface area contributed by atoms with E-state index < -0.39 is 0 Å². The molecule has 0 radical (unpaired) electrons. The van der Waals surface area contributed by atoms with Crippen LogP contribution in [0.15, 0.2) is 10.9 Å². The lowest BCUT2D eigenvalue weighted by Crippen LogP contribution is -2.35. The molecule has 0 spiro atoms. The van der Waals surface area contributed by atoms with Gasteiger partial charge >= 0.3 is 0 Å². The van der Waals surface area contributed by atoms with Gasteiger partial charge < -0.3 is 15.0 Å². The monoisotopic (exact) mass is 262 g/mol. The number of rotatable bonds is 3. The van der Waals surface area contributed by atoms with Gasteiger partial charge in [0.25, 0.3) is 11.5 Å². The van der Waals surface area contributed by atoms with Gasteiger partial charge in [-0.15, -0.1) is 0 Å². The van der Waals surface area contributed by atoms with Gasteiger partial charge in [-0.25, -0.2) is 0 Å². The molecule has 1 fully saturated rings. The maximum atomic E-state index is 12.0. The van der Waals surface area contributed by atoms with Crippen LogP contribution < -0.4 is 10.9 Å². The van der Waals surface area contributed by atoms with Crippen LogP contribution >= 0.6 is 0 Å². The minimum absolute atomic E-state index is 0.0949. The SMILES string of the molecule is O=C(NCC1CCCO1)c1cc2c([nH]c1=O)CCC2. The van der Waals surface area contributed by atoms with Crippen molar-refractivity contribution >= 4 is 5.91 Å². The Morgan fingerprint density at radius 3 is 3.11 bits per heavy atom. The third-order valence-corrected chi connectivity index (χ3v) is 3.85. The van der Waals surface area contributed by atoms with Crippen LogP contribution in [0.25, 0.3) is 0 Å². The molecule has 0 saturated carbocycles. The van der Waals surface area contributed by atoms with Crippen molar-refractivity contribution in [2.45, 2.75) is 38.2 Å². The van der Waals surface area contributed by atoms with Crippen LogP contribution in [-0.4, -0.2) is 30.1 Å². The lowest BCUT2D eigenvalue weighted by molar-refractivity contribution is 0.0856. The summed E-state index contributed by atoms with van der Waals surface area (Å²) in [7, 11) is 0. The Kier molecular flexibility index (Phi) is 3.38. The van der Waals surface area contributed by atoms with E-state index >= 15 is 0 Å². The Labute approximate surface area is 111 Å². The number of aromatic nitrogens is 1. The average molecular weight is 262 g/mol. The topological polar surface area (TPSA) is 71.2 Å². The van der Waals surface area contributed by atoms with E-state index in [2.05, 4.69) is 10.3 Å². The third kappa shape index (κ3) is 2.56. The largest absolute Gasteiger partial charge is 0.376 e. The predicted molar refractivity (Wildman–Crippen MR) is 70.4 cm³/mol. The molecule has 2 heterocycles. The molecule has 1 aromatic rings. The molecule has 3 rings (SSSR count). The molecular formula is C14H18N2O3. The zero-order chi connectivity index (χ0) is 13.2. The van der Waals surface area contributed by atoms with Gasteiger partial charge in [-0.1, -0.05) is 0 Å². The molecule has 1 saturated heterocycles. The number of ether oxygens (including phenoxy) is 1. The fraction of sp³-hybridized carbons (Fsp3) is 0.571. The predicted octanol–water partition coefficient (Wildman–Crippen LogP) is 0.772. The zero-order valence-corrected chi connectivity index (χ0v) is 10.8. The number of hydrogen-bond acceptors (Lipinski definition) is 3. The van der Waals surface area contributed by atoms with Crippen molar-refractivity contribution in [1.82, 2.24) is 10.3 Å². The van der Waals surface area contributed by atoms with Crippen LogP contribution in [0.5, 0.6) is 0 Å². The maximum absolute atomic E-state index is 12.0. The molecule has 102 valence electrons. The highest BCUT2D eigenvalue weighted by atomic mass is 16.5. The first-order valence-corrected chi connectivity index (χ1v) is 6.89. The minimum Gasteiger partial charge on any atom is -0.376 e. The quantitative estimate of drug-likeness (QED) is 0.845. The van der Waals surface area contributed by atoms with Gasteiger partial charge in [-0.05, 0) is 43.7 Å². The van der Waals surface area contributed by atoms with Gasteiger partial charge in [-0.2, -0.15) is 0 Å². The summed E-state index contributed by atoms with van der Waals surface area (Å²) >= 11 is 0. The number of carbonyl (C=O) groups excluding carboxylic acids is 1. The number of hydrogen-bond donors (Lipinski definition) is 2. The Morgan fingerprint density at radius 1 is 1.42 bits per heavy atom. The molecule has 5 heteroatoms. The molecule has 0 aromatic carbocycles. The van der Waals surface area contributed by atoms with Crippen molar-refractivity contribution in [2.75, 3.05) is 13.2 Å². The smallest absolute Gasteiger partial charge is 0.261 e. The molecule has 19 heavy (non-hydrogen) atoms. The van der Waals surface area contributed by atoms with Crippen molar-refractivity contribution in [3.63, 3.8) is 0 Å².